The average Bonchev–Trinajstić information content (AvgIpc) is 2.46. The predicted octanol–water partition coefficient (Wildman–Crippen LogP) is 2.72. The summed E-state index contributed by atoms with van der Waals surface area (Å²) in [7, 11) is 0. The van der Waals surface area contributed by atoms with E-state index in [-0.39, 0.29) is 5.69 Å². The van der Waals surface area contributed by atoms with E-state index in [1.54, 1.807) is 18.2 Å². The van der Waals surface area contributed by atoms with Crippen molar-refractivity contribution in [2.24, 2.45) is 5.92 Å². The Hall–Kier alpha value is -2.07. The molecule has 22 heavy (non-hydrogen) atoms. The molecule has 0 amide bonds. The van der Waals surface area contributed by atoms with Crippen LogP contribution in [0.25, 0.3) is 0 Å². The van der Waals surface area contributed by atoms with Crippen molar-refractivity contribution < 1.29 is 14.6 Å². The first-order chi connectivity index (χ1) is 10.5. The molecular weight excluding hydrogens is 302 g/mol. The lowest BCUT2D eigenvalue weighted by atomic mass is 10.1. The molecule has 0 radical (unpaired) electrons. The SMILES string of the molecule is CC(C)COc1ccc(Cl)cc1Cc1cccc(C(=O)[O-])n1. The Morgan fingerprint density at radius 2 is 2.09 bits per heavy atom. The first kappa shape index (κ1) is 16.3. The quantitative estimate of drug-likeness (QED) is 0.821. The van der Waals surface area contributed by atoms with Crippen LogP contribution in [-0.4, -0.2) is 17.6 Å². The van der Waals surface area contributed by atoms with Gasteiger partial charge < -0.3 is 14.6 Å². The number of hydrogen-bond donors (Lipinski definition) is 0. The molecule has 1 heterocycles. The highest BCUT2D eigenvalue weighted by molar-refractivity contribution is 6.30. The number of carbonyl (C=O) groups is 1. The monoisotopic (exact) mass is 318 g/mol. The Kier molecular flexibility index (Phi) is 5.39. The number of aromatic carboxylic acids is 1. The number of halogens is 1. The third-order valence-electron chi connectivity index (χ3n) is 2.98. The van der Waals surface area contributed by atoms with Crippen molar-refractivity contribution >= 4 is 17.6 Å². The fourth-order valence-electron chi connectivity index (χ4n) is 1.97. The average molecular weight is 319 g/mol. The van der Waals surface area contributed by atoms with E-state index in [1.165, 1.54) is 6.07 Å². The molecule has 0 aliphatic carbocycles. The van der Waals surface area contributed by atoms with Crippen LogP contribution in [0.3, 0.4) is 0 Å². The van der Waals surface area contributed by atoms with Crippen LogP contribution in [0.5, 0.6) is 5.75 Å². The van der Waals surface area contributed by atoms with Gasteiger partial charge in [0.15, 0.2) is 0 Å². The van der Waals surface area contributed by atoms with Gasteiger partial charge in [0, 0.05) is 22.7 Å². The first-order valence-electron chi connectivity index (χ1n) is 7.04. The van der Waals surface area contributed by atoms with Gasteiger partial charge in [0.2, 0.25) is 0 Å². The number of ether oxygens (including phenoxy) is 1. The van der Waals surface area contributed by atoms with Gasteiger partial charge in [0.05, 0.1) is 18.3 Å². The topological polar surface area (TPSA) is 62.2 Å². The number of rotatable bonds is 6. The molecule has 0 fully saturated rings. The summed E-state index contributed by atoms with van der Waals surface area (Å²) < 4.78 is 5.79. The van der Waals surface area contributed by atoms with Crippen molar-refractivity contribution in [1.82, 2.24) is 4.98 Å². The van der Waals surface area contributed by atoms with E-state index in [2.05, 4.69) is 18.8 Å². The minimum absolute atomic E-state index is 0.0795. The molecule has 116 valence electrons. The Morgan fingerprint density at radius 3 is 2.77 bits per heavy atom. The van der Waals surface area contributed by atoms with Gasteiger partial charge in [-0.15, -0.1) is 0 Å². The van der Waals surface area contributed by atoms with Crippen LogP contribution >= 0.6 is 11.6 Å². The Bertz CT molecular complexity index is 671. The summed E-state index contributed by atoms with van der Waals surface area (Å²) in [5.41, 5.74) is 1.42. The number of carboxylic acids is 1. The third-order valence-corrected chi connectivity index (χ3v) is 3.22. The second-order valence-corrected chi connectivity index (χ2v) is 5.87. The van der Waals surface area contributed by atoms with Crippen LogP contribution < -0.4 is 9.84 Å². The molecular formula is C17H17ClNO3-. The molecule has 0 atom stereocenters. The molecule has 0 aliphatic rings. The molecule has 0 saturated heterocycles. The second-order valence-electron chi connectivity index (χ2n) is 5.44. The zero-order valence-corrected chi connectivity index (χ0v) is 13.3. The van der Waals surface area contributed by atoms with E-state index in [0.29, 0.717) is 29.7 Å². The van der Waals surface area contributed by atoms with Crippen molar-refractivity contribution in [3.8, 4) is 5.75 Å². The van der Waals surface area contributed by atoms with Gasteiger partial charge >= 0.3 is 0 Å². The summed E-state index contributed by atoms with van der Waals surface area (Å²) in [6.07, 6.45) is 0.440. The molecule has 0 spiro atoms. The number of carbonyl (C=O) groups excluding carboxylic acids is 1. The largest absolute Gasteiger partial charge is 0.543 e. The van der Waals surface area contributed by atoms with Crippen LogP contribution in [-0.2, 0) is 6.42 Å². The number of benzene rings is 1. The summed E-state index contributed by atoms with van der Waals surface area (Å²) in [5, 5.41) is 11.5. The highest BCUT2D eigenvalue weighted by atomic mass is 35.5. The molecule has 0 saturated carbocycles. The highest BCUT2D eigenvalue weighted by Crippen LogP contribution is 2.25. The van der Waals surface area contributed by atoms with Crippen LogP contribution in [0.15, 0.2) is 36.4 Å². The maximum Gasteiger partial charge on any atom is 0.122 e. The smallest absolute Gasteiger partial charge is 0.122 e. The summed E-state index contributed by atoms with van der Waals surface area (Å²) in [6.45, 7) is 4.74. The van der Waals surface area contributed by atoms with Gasteiger partial charge in [0.1, 0.15) is 5.75 Å². The maximum atomic E-state index is 10.9. The maximum absolute atomic E-state index is 10.9. The number of carboxylic acid groups (broad SMARTS) is 1. The molecule has 0 unspecified atom stereocenters. The van der Waals surface area contributed by atoms with E-state index in [4.69, 9.17) is 16.3 Å². The Balaban J connectivity index is 2.26. The molecule has 0 aliphatic heterocycles. The minimum Gasteiger partial charge on any atom is -0.543 e. The Morgan fingerprint density at radius 1 is 1.32 bits per heavy atom. The first-order valence-corrected chi connectivity index (χ1v) is 7.42. The molecule has 1 aromatic carbocycles. The summed E-state index contributed by atoms with van der Waals surface area (Å²) in [4.78, 5) is 15.0. The van der Waals surface area contributed by atoms with Crippen LogP contribution in [0.4, 0.5) is 0 Å². The summed E-state index contributed by atoms with van der Waals surface area (Å²) in [6, 6.07) is 10.2. The van der Waals surface area contributed by atoms with Gasteiger partial charge in [-0.25, -0.2) is 0 Å². The van der Waals surface area contributed by atoms with E-state index < -0.39 is 5.97 Å². The molecule has 4 nitrogen and oxygen atoms in total. The van der Waals surface area contributed by atoms with Gasteiger partial charge in [-0.1, -0.05) is 31.5 Å². The summed E-state index contributed by atoms with van der Waals surface area (Å²) in [5.74, 6) is -0.147. The predicted molar refractivity (Wildman–Crippen MR) is 83.2 cm³/mol. The molecule has 2 aromatic rings. The highest BCUT2D eigenvalue weighted by Gasteiger charge is 2.09. The van der Waals surface area contributed by atoms with Crippen molar-refractivity contribution in [3.05, 3.63) is 58.4 Å². The third kappa shape index (κ3) is 4.46. The van der Waals surface area contributed by atoms with Gasteiger partial charge in [-0.05, 0) is 36.2 Å². The summed E-state index contributed by atoms with van der Waals surface area (Å²) >= 11 is 6.05. The number of nitrogens with zero attached hydrogens (tertiary/aromatic N) is 1. The lowest BCUT2D eigenvalue weighted by molar-refractivity contribution is -0.255. The van der Waals surface area contributed by atoms with E-state index >= 15 is 0 Å². The van der Waals surface area contributed by atoms with Gasteiger partial charge in [-0.3, -0.25) is 4.98 Å². The lowest BCUT2D eigenvalue weighted by Gasteiger charge is -2.14. The fourth-order valence-corrected chi connectivity index (χ4v) is 2.16. The van der Waals surface area contributed by atoms with Gasteiger partial charge in [-0.2, -0.15) is 0 Å². The number of pyridine rings is 1. The van der Waals surface area contributed by atoms with Crippen molar-refractivity contribution in [2.75, 3.05) is 6.61 Å². The molecule has 0 bridgehead atoms. The van der Waals surface area contributed by atoms with Crippen molar-refractivity contribution in [1.29, 1.82) is 0 Å². The minimum atomic E-state index is -1.29. The second kappa shape index (κ2) is 7.27. The fraction of sp³-hybridized carbons (Fsp3) is 0.294. The van der Waals surface area contributed by atoms with E-state index in [0.717, 1.165) is 11.3 Å². The molecule has 2 rings (SSSR count). The van der Waals surface area contributed by atoms with Crippen LogP contribution in [0.2, 0.25) is 5.02 Å². The number of hydrogen-bond acceptors (Lipinski definition) is 4. The molecule has 1 aromatic heterocycles. The van der Waals surface area contributed by atoms with Crippen LogP contribution in [0, 0.1) is 5.92 Å². The van der Waals surface area contributed by atoms with Crippen molar-refractivity contribution in [3.63, 3.8) is 0 Å². The zero-order valence-electron chi connectivity index (χ0n) is 12.5. The normalized spacial score (nSPS) is 10.7. The molecule has 0 N–H and O–H groups in total. The van der Waals surface area contributed by atoms with Crippen LogP contribution in [0.1, 0.15) is 35.6 Å². The Labute approximate surface area is 134 Å². The zero-order chi connectivity index (χ0) is 16.1. The number of aromatic nitrogens is 1. The lowest BCUT2D eigenvalue weighted by Crippen LogP contribution is -2.23. The van der Waals surface area contributed by atoms with E-state index in [1.807, 2.05) is 12.1 Å². The molecule has 5 heteroatoms. The van der Waals surface area contributed by atoms with Gasteiger partial charge in [0.25, 0.3) is 0 Å². The standard InChI is InChI=1S/C17H18ClNO3/c1-11(2)10-22-16-7-6-13(18)8-12(16)9-14-4-3-5-15(19-14)17(20)21/h3-8,11H,9-10H2,1-2H3,(H,20,21)/p-1. The van der Waals surface area contributed by atoms with Crippen molar-refractivity contribution in [2.45, 2.75) is 20.3 Å². The van der Waals surface area contributed by atoms with E-state index in [9.17, 15) is 9.90 Å².